The molecule has 0 N–H and O–H groups in total. The minimum Gasteiger partial charge on any atom is -0.462 e. The Kier molecular flexibility index (Phi) is 7.54. The van der Waals surface area contributed by atoms with Gasteiger partial charge < -0.3 is 4.74 Å². The van der Waals surface area contributed by atoms with E-state index in [0.717, 1.165) is 4.31 Å². The van der Waals surface area contributed by atoms with Gasteiger partial charge in [-0.1, -0.05) is 13.8 Å². The second kappa shape index (κ2) is 9.49. The third-order valence-electron chi connectivity index (χ3n) is 4.10. The Balaban J connectivity index is 2.80. The maximum absolute atomic E-state index is 13.4. The van der Waals surface area contributed by atoms with Crippen LogP contribution in [0.25, 0.3) is 11.3 Å². The first-order chi connectivity index (χ1) is 13.6. The van der Waals surface area contributed by atoms with E-state index in [2.05, 4.69) is 9.97 Å². The van der Waals surface area contributed by atoms with Crippen LogP contribution >= 0.6 is 11.6 Å². The molecule has 2 rings (SSSR count). The predicted octanol–water partition coefficient (Wildman–Crippen LogP) is 3.59. The molecule has 0 aliphatic rings. The number of hydrogen-bond acceptors (Lipinski definition) is 6. The SMILES string of the molecule is CCOC(=O)c1c(-c2ccc(F)cc2)nc(N(C)S(=O)(=O)CCCl)nc1C(C)C. The van der Waals surface area contributed by atoms with Crippen molar-refractivity contribution in [2.75, 3.05) is 29.6 Å². The number of anilines is 1. The Bertz CT molecular complexity index is 982. The minimum atomic E-state index is -3.75. The number of aromatic nitrogens is 2. The summed E-state index contributed by atoms with van der Waals surface area (Å²) >= 11 is 5.60. The van der Waals surface area contributed by atoms with Gasteiger partial charge in [0.15, 0.2) is 0 Å². The maximum Gasteiger partial charge on any atom is 0.342 e. The van der Waals surface area contributed by atoms with Crippen LogP contribution < -0.4 is 4.31 Å². The molecule has 0 unspecified atom stereocenters. The summed E-state index contributed by atoms with van der Waals surface area (Å²) in [4.78, 5) is 21.4. The number of rotatable bonds is 8. The highest BCUT2D eigenvalue weighted by Crippen LogP contribution is 2.31. The Labute approximate surface area is 174 Å². The summed E-state index contributed by atoms with van der Waals surface area (Å²) in [6.07, 6.45) is 0. The average Bonchev–Trinajstić information content (AvgIpc) is 2.67. The quantitative estimate of drug-likeness (QED) is 0.457. The van der Waals surface area contributed by atoms with Crippen molar-refractivity contribution in [3.8, 4) is 11.3 Å². The third kappa shape index (κ3) is 5.22. The molecule has 0 radical (unpaired) electrons. The molecule has 29 heavy (non-hydrogen) atoms. The van der Waals surface area contributed by atoms with Crippen molar-refractivity contribution in [3.05, 3.63) is 41.3 Å². The van der Waals surface area contributed by atoms with Crippen molar-refractivity contribution in [1.29, 1.82) is 0 Å². The normalized spacial score (nSPS) is 11.6. The first kappa shape index (κ1) is 23.0. The van der Waals surface area contributed by atoms with Gasteiger partial charge in [0.1, 0.15) is 11.4 Å². The monoisotopic (exact) mass is 443 g/mol. The zero-order chi connectivity index (χ0) is 21.8. The first-order valence-corrected chi connectivity index (χ1v) is 11.1. The van der Waals surface area contributed by atoms with Gasteiger partial charge in [0.25, 0.3) is 0 Å². The summed E-state index contributed by atoms with van der Waals surface area (Å²) in [5, 5.41) is 0. The van der Waals surface area contributed by atoms with E-state index >= 15 is 0 Å². The van der Waals surface area contributed by atoms with Crippen LogP contribution in [0.5, 0.6) is 0 Å². The summed E-state index contributed by atoms with van der Waals surface area (Å²) in [5.41, 5.74) is 1.06. The van der Waals surface area contributed by atoms with Gasteiger partial charge in [-0.15, -0.1) is 11.6 Å². The van der Waals surface area contributed by atoms with E-state index in [1.807, 2.05) is 13.8 Å². The van der Waals surface area contributed by atoms with Crippen LogP contribution in [-0.4, -0.2) is 49.6 Å². The van der Waals surface area contributed by atoms with Gasteiger partial charge >= 0.3 is 5.97 Å². The Morgan fingerprint density at radius 2 is 1.86 bits per heavy atom. The number of benzene rings is 1. The first-order valence-electron chi connectivity index (χ1n) is 8.99. The van der Waals surface area contributed by atoms with E-state index in [9.17, 15) is 17.6 Å². The number of halogens is 2. The number of hydrogen-bond donors (Lipinski definition) is 0. The van der Waals surface area contributed by atoms with Crippen molar-refractivity contribution in [2.24, 2.45) is 0 Å². The Morgan fingerprint density at radius 3 is 2.38 bits per heavy atom. The number of esters is 1. The van der Waals surface area contributed by atoms with Crippen molar-refractivity contribution in [2.45, 2.75) is 26.7 Å². The summed E-state index contributed by atoms with van der Waals surface area (Å²) in [6, 6.07) is 5.38. The van der Waals surface area contributed by atoms with Gasteiger partial charge in [-0.3, -0.25) is 0 Å². The van der Waals surface area contributed by atoms with Gasteiger partial charge in [0, 0.05) is 18.5 Å². The molecule has 0 amide bonds. The van der Waals surface area contributed by atoms with Crippen molar-refractivity contribution in [3.63, 3.8) is 0 Å². The Hall–Kier alpha value is -2.26. The molecule has 0 saturated heterocycles. The van der Waals surface area contributed by atoms with E-state index in [-0.39, 0.29) is 41.4 Å². The topological polar surface area (TPSA) is 89.5 Å². The summed E-state index contributed by atoms with van der Waals surface area (Å²) < 4.78 is 44.4. The van der Waals surface area contributed by atoms with Crippen molar-refractivity contribution in [1.82, 2.24) is 9.97 Å². The maximum atomic E-state index is 13.4. The molecular weight excluding hydrogens is 421 g/mol. The molecule has 0 fully saturated rings. The number of sulfonamides is 1. The smallest absolute Gasteiger partial charge is 0.342 e. The molecule has 0 aliphatic carbocycles. The molecule has 2 aromatic rings. The molecule has 1 aromatic carbocycles. The zero-order valence-electron chi connectivity index (χ0n) is 16.6. The fraction of sp³-hybridized carbons (Fsp3) is 0.421. The van der Waals surface area contributed by atoms with Crippen LogP contribution in [0.15, 0.2) is 24.3 Å². The second-order valence-electron chi connectivity index (χ2n) is 6.49. The number of carbonyl (C=O) groups is 1. The lowest BCUT2D eigenvalue weighted by molar-refractivity contribution is 0.0524. The lowest BCUT2D eigenvalue weighted by Gasteiger charge is -2.21. The molecule has 0 bridgehead atoms. The number of alkyl halides is 1. The molecule has 0 saturated carbocycles. The number of nitrogens with zero attached hydrogens (tertiary/aromatic N) is 3. The molecule has 0 atom stereocenters. The molecule has 7 nitrogen and oxygen atoms in total. The van der Waals surface area contributed by atoms with Gasteiger partial charge in [0.05, 0.1) is 23.7 Å². The highest BCUT2D eigenvalue weighted by atomic mass is 35.5. The molecule has 10 heteroatoms. The lowest BCUT2D eigenvalue weighted by Crippen LogP contribution is -2.32. The summed E-state index contributed by atoms with van der Waals surface area (Å²) in [5.74, 6) is -1.81. The van der Waals surface area contributed by atoms with Gasteiger partial charge in [-0.05, 0) is 37.1 Å². The van der Waals surface area contributed by atoms with Crippen LogP contribution in [0.3, 0.4) is 0 Å². The standard InChI is InChI=1S/C19H23ClFN3O4S/c1-5-28-18(25)15-16(12(2)3)22-19(24(4)29(26,27)11-10-20)23-17(15)13-6-8-14(21)9-7-13/h6-9,12H,5,10-11H2,1-4H3. The molecule has 0 aliphatic heterocycles. The van der Waals surface area contributed by atoms with Crippen LogP contribution in [0.4, 0.5) is 10.3 Å². The Morgan fingerprint density at radius 1 is 1.24 bits per heavy atom. The molecule has 1 aromatic heterocycles. The van der Waals surface area contributed by atoms with Gasteiger partial charge in [-0.2, -0.15) is 0 Å². The fourth-order valence-corrected chi connectivity index (χ4v) is 3.99. The number of carbonyl (C=O) groups excluding carboxylic acids is 1. The van der Waals surface area contributed by atoms with Crippen molar-refractivity contribution < 1.29 is 22.3 Å². The van der Waals surface area contributed by atoms with E-state index in [0.29, 0.717) is 11.3 Å². The van der Waals surface area contributed by atoms with E-state index in [1.165, 1.54) is 31.3 Å². The van der Waals surface area contributed by atoms with Crippen LogP contribution in [-0.2, 0) is 14.8 Å². The highest BCUT2D eigenvalue weighted by Gasteiger charge is 2.28. The molecule has 158 valence electrons. The van der Waals surface area contributed by atoms with E-state index in [1.54, 1.807) is 6.92 Å². The van der Waals surface area contributed by atoms with Gasteiger partial charge in [0.2, 0.25) is 16.0 Å². The van der Waals surface area contributed by atoms with Crippen LogP contribution in [0.2, 0.25) is 0 Å². The average molecular weight is 444 g/mol. The lowest BCUT2D eigenvalue weighted by atomic mass is 9.98. The van der Waals surface area contributed by atoms with Crippen LogP contribution in [0, 0.1) is 5.82 Å². The third-order valence-corrected chi connectivity index (χ3v) is 6.23. The van der Waals surface area contributed by atoms with E-state index in [4.69, 9.17) is 16.3 Å². The molecule has 1 heterocycles. The predicted molar refractivity (Wildman–Crippen MR) is 110 cm³/mol. The largest absolute Gasteiger partial charge is 0.462 e. The molecular formula is C19H23ClFN3O4S. The minimum absolute atomic E-state index is 0.0879. The second-order valence-corrected chi connectivity index (χ2v) is 8.98. The fourth-order valence-electron chi connectivity index (χ4n) is 2.60. The van der Waals surface area contributed by atoms with E-state index < -0.39 is 21.8 Å². The van der Waals surface area contributed by atoms with Gasteiger partial charge in [-0.25, -0.2) is 31.9 Å². The van der Waals surface area contributed by atoms with Crippen LogP contribution in [0.1, 0.15) is 42.7 Å². The summed E-state index contributed by atoms with van der Waals surface area (Å²) in [7, 11) is -2.44. The van der Waals surface area contributed by atoms with Crippen molar-refractivity contribution >= 4 is 33.5 Å². The number of ether oxygens (including phenoxy) is 1. The zero-order valence-corrected chi connectivity index (χ0v) is 18.2. The molecule has 0 spiro atoms. The highest BCUT2D eigenvalue weighted by molar-refractivity contribution is 7.92. The summed E-state index contributed by atoms with van der Waals surface area (Å²) in [6.45, 7) is 5.45.